The minimum absolute atomic E-state index is 0.236. The van der Waals surface area contributed by atoms with Gasteiger partial charge in [0.1, 0.15) is 0 Å². The molecule has 4 nitrogen and oxygen atoms in total. The zero-order valence-electron chi connectivity index (χ0n) is 9.92. The van der Waals surface area contributed by atoms with Gasteiger partial charge < -0.3 is 5.73 Å². The first kappa shape index (κ1) is 12.1. The summed E-state index contributed by atoms with van der Waals surface area (Å²) in [7, 11) is 0. The second-order valence-corrected chi connectivity index (χ2v) is 5.33. The van der Waals surface area contributed by atoms with Gasteiger partial charge >= 0.3 is 0 Å². The molecule has 0 aromatic heterocycles. The molecule has 0 radical (unpaired) electrons. The zero-order valence-corrected chi connectivity index (χ0v) is 9.92. The molecule has 0 unspecified atom stereocenters. The summed E-state index contributed by atoms with van der Waals surface area (Å²) in [6.07, 6.45) is 4.71. The van der Waals surface area contributed by atoms with E-state index in [4.69, 9.17) is 5.73 Å². The van der Waals surface area contributed by atoms with Gasteiger partial charge in [0, 0.05) is 0 Å². The van der Waals surface area contributed by atoms with Crippen molar-refractivity contribution in [3.8, 4) is 0 Å². The molecule has 86 valence electrons. The Balaban J connectivity index is 2.82. The average Bonchev–Trinajstić information content (AvgIpc) is 2.15. The number of hydrogen-bond donors (Lipinski definition) is 1. The maximum absolute atomic E-state index is 11.5. The molecule has 15 heavy (non-hydrogen) atoms. The van der Waals surface area contributed by atoms with E-state index in [9.17, 15) is 4.79 Å². The normalized spacial score (nSPS) is 21.8. The van der Waals surface area contributed by atoms with Crippen molar-refractivity contribution in [1.82, 2.24) is 0 Å². The fourth-order valence-electron chi connectivity index (χ4n) is 1.78. The highest BCUT2D eigenvalue weighted by molar-refractivity contribution is 5.84. The van der Waals surface area contributed by atoms with Gasteiger partial charge in [-0.25, -0.2) is 0 Å². The molecule has 0 heterocycles. The van der Waals surface area contributed by atoms with Gasteiger partial charge in [-0.1, -0.05) is 19.3 Å². The summed E-state index contributed by atoms with van der Waals surface area (Å²) >= 11 is 0. The van der Waals surface area contributed by atoms with Crippen LogP contribution >= 0.6 is 0 Å². The van der Waals surface area contributed by atoms with Crippen molar-refractivity contribution in [1.29, 1.82) is 0 Å². The van der Waals surface area contributed by atoms with E-state index < -0.39 is 5.54 Å². The number of primary amides is 1. The molecule has 0 bridgehead atoms. The van der Waals surface area contributed by atoms with Gasteiger partial charge in [0.2, 0.25) is 5.91 Å². The van der Waals surface area contributed by atoms with Crippen molar-refractivity contribution < 1.29 is 4.79 Å². The van der Waals surface area contributed by atoms with Crippen molar-refractivity contribution in [3.05, 3.63) is 0 Å². The molecular formula is C11H21N3O. The summed E-state index contributed by atoms with van der Waals surface area (Å²) in [5, 5.41) is 8.43. The summed E-state index contributed by atoms with van der Waals surface area (Å²) in [6.45, 7) is 5.90. The number of carbonyl (C=O) groups excluding carboxylic acids is 1. The molecule has 2 N–H and O–H groups in total. The SMILES string of the molecule is CC(C)(C)N=NC1(C(N)=O)CCCCC1. The summed E-state index contributed by atoms with van der Waals surface area (Å²) in [4.78, 5) is 11.5. The second-order valence-electron chi connectivity index (χ2n) is 5.33. The lowest BCUT2D eigenvalue weighted by Gasteiger charge is -2.29. The van der Waals surface area contributed by atoms with Crippen LogP contribution in [0.15, 0.2) is 10.2 Å². The molecule has 0 aliphatic heterocycles. The molecule has 1 aliphatic carbocycles. The van der Waals surface area contributed by atoms with Crippen molar-refractivity contribution in [3.63, 3.8) is 0 Å². The second kappa shape index (κ2) is 4.29. The Bertz CT molecular complexity index is 259. The van der Waals surface area contributed by atoms with E-state index in [1.807, 2.05) is 20.8 Å². The predicted molar refractivity (Wildman–Crippen MR) is 59.6 cm³/mol. The Morgan fingerprint density at radius 2 is 1.73 bits per heavy atom. The number of amides is 1. The minimum atomic E-state index is -0.717. The van der Waals surface area contributed by atoms with Crippen molar-refractivity contribution >= 4 is 5.91 Å². The quantitative estimate of drug-likeness (QED) is 0.700. The number of azo groups is 1. The van der Waals surface area contributed by atoms with E-state index >= 15 is 0 Å². The maximum Gasteiger partial charge on any atom is 0.247 e. The molecule has 1 fully saturated rings. The van der Waals surface area contributed by atoms with Crippen LogP contribution in [-0.4, -0.2) is 17.0 Å². The van der Waals surface area contributed by atoms with Crippen LogP contribution < -0.4 is 5.73 Å². The molecule has 1 aliphatic rings. The number of nitrogens with zero attached hydrogens (tertiary/aromatic N) is 2. The van der Waals surface area contributed by atoms with Gasteiger partial charge in [0.15, 0.2) is 5.54 Å². The molecule has 1 rings (SSSR count). The highest BCUT2D eigenvalue weighted by atomic mass is 16.1. The molecule has 4 heteroatoms. The third-order valence-corrected chi connectivity index (χ3v) is 2.68. The molecular weight excluding hydrogens is 190 g/mol. The summed E-state index contributed by atoms with van der Waals surface area (Å²) < 4.78 is 0. The van der Waals surface area contributed by atoms with Crippen LogP contribution in [0.5, 0.6) is 0 Å². The predicted octanol–water partition coefficient (Wildman–Crippen LogP) is 2.43. The van der Waals surface area contributed by atoms with E-state index in [0.717, 1.165) is 25.7 Å². The summed E-state index contributed by atoms with van der Waals surface area (Å²) in [6, 6.07) is 0. The van der Waals surface area contributed by atoms with E-state index in [2.05, 4.69) is 10.2 Å². The van der Waals surface area contributed by atoms with Gasteiger partial charge in [0.05, 0.1) is 5.54 Å². The lowest BCUT2D eigenvalue weighted by molar-refractivity contribution is -0.124. The third kappa shape index (κ3) is 3.29. The van der Waals surface area contributed by atoms with Gasteiger partial charge in [-0.3, -0.25) is 4.79 Å². The number of nitrogens with two attached hydrogens (primary N) is 1. The smallest absolute Gasteiger partial charge is 0.247 e. The van der Waals surface area contributed by atoms with E-state index in [1.165, 1.54) is 6.42 Å². The lowest BCUT2D eigenvalue weighted by atomic mass is 9.82. The van der Waals surface area contributed by atoms with Crippen LogP contribution in [0.3, 0.4) is 0 Å². The summed E-state index contributed by atoms with van der Waals surface area (Å²) in [5.74, 6) is -0.324. The molecule has 0 saturated heterocycles. The van der Waals surface area contributed by atoms with Gasteiger partial charge in [-0.05, 0) is 33.6 Å². The first-order chi connectivity index (χ1) is 6.86. The Kier molecular flexibility index (Phi) is 3.47. The minimum Gasteiger partial charge on any atom is -0.368 e. The fourth-order valence-corrected chi connectivity index (χ4v) is 1.78. The topological polar surface area (TPSA) is 67.8 Å². The van der Waals surface area contributed by atoms with Crippen LogP contribution in [-0.2, 0) is 4.79 Å². The Morgan fingerprint density at radius 3 is 2.13 bits per heavy atom. The van der Waals surface area contributed by atoms with Crippen LogP contribution in [0.4, 0.5) is 0 Å². The van der Waals surface area contributed by atoms with E-state index in [-0.39, 0.29) is 11.4 Å². The van der Waals surface area contributed by atoms with Gasteiger partial charge in [-0.15, -0.1) is 0 Å². The van der Waals surface area contributed by atoms with Gasteiger partial charge in [-0.2, -0.15) is 10.2 Å². The summed E-state index contributed by atoms with van der Waals surface area (Å²) in [5.41, 5.74) is 4.49. The van der Waals surface area contributed by atoms with Crippen molar-refractivity contribution in [2.45, 2.75) is 64.0 Å². The van der Waals surface area contributed by atoms with Crippen molar-refractivity contribution in [2.24, 2.45) is 16.0 Å². The fraction of sp³-hybridized carbons (Fsp3) is 0.909. The monoisotopic (exact) mass is 211 g/mol. The zero-order chi connectivity index (χ0) is 11.5. The Morgan fingerprint density at radius 1 is 1.20 bits per heavy atom. The van der Waals surface area contributed by atoms with Crippen LogP contribution in [0, 0.1) is 0 Å². The first-order valence-electron chi connectivity index (χ1n) is 5.60. The van der Waals surface area contributed by atoms with Gasteiger partial charge in [0.25, 0.3) is 0 Å². The number of rotatable bonds is 2. The number of carbonyl (C=O) groups is 1. The lowest BCUT2D eigenvalue weighted by Crippen LogP contribution is -2.43. The molecule has 0 aromatic carbocycles. The molecule has 0 atom stereocenters. The van der Waals surface area contributed by atoms with Crippen LogP contribution in [0.1, 0.15) is 52.9 Å². The Labute approximate surface area is 91.3 Å². The molecule has 1 saturated carbocycles. The number of hydrogen-bond acceptors (Lipinski definition) is 3. The average molecular weight is 211 g/mol. The standard InChI is InChI=1S/C11H21N3O/c1-10(2,3)13-14-11(9(12)15)7-5-4-6-8-11/h4-8H2,1-3H3,(H2,12,15). The highest BCUT2D eigenvalue weighted by Gasteiger charge is 2.38. The van der Waals surface area contributed by atoms with E-state index in [0.29, 0.717) is 0 Å². The van der Waals surface area contributed by atoms with E-state index in [1.54, 1.807) is 0 Å². The van der Waals surface area contributed by atoms with Crippen LogP contribution in [0.25, 0.3) is 0 Å². The van der Waals surface area contributed by atoms with Crippen molar-refractivity contribution in [2.75, 3.05) is 0 Å². The van der Waals surface area contributed by atoms with Crippen LogP contribution in [0.2, 0.25) is 0 Å². The first-order valence-corrected chi connectivity index (χ1v) is 5.60. The third-order valence-electron chi connectivity index (χ3n) is 2.68. The maximum atomic E-state index is 11.5. The largest absolute Gasteiger partial charge is 0.368 e. The molecule has 0 aromatic rings. The molecule has 1 amide bonds. The highest BCUT2D eigenvalue weighted by Crippen LogP contribution is 2.32. The Hall–Kier alpha value is -0.930. The molecule has 0 spiro atoms.